The Kier molecular flexibility index (Phi) is 3.11. The van der Waals surface area contributed by atoms with E-state index >= 15 is 0 Å². The van der Waals surface area contributed by atoms with Crippen LogP contribution in [-0.2, 0) is 14.6 Å². The Labute approximate surface area is 111 Å². The highest BCUT2D eigenvalue weighted by atomic mass is 32.2. The predicted octanol–water partition coefficient (Wildman–Crippen LogP) is 0.914. The van der Waals surface area contributed by atoms with Crippen LogP contribution in [0.15, 0.2) is 24.3 Å². The molecule has 0 heterocycles. The lowest BCUT2D eigenvalue weighted by molar-refractivity contribution is -0.110. The minimum Gasteiger partial charge on any atom is -0.497 e. The maximum absolute atomic E-state index is 11.7. The summed E-state index contributed by atoms with van der Waals surface area (Å²) in [5.74, 6) is 0.0323. The number of rotatable bonds is 4. The van der Waals surface area contributed by atoms with Gasteiger partial charge in [0.15, 0.2) is 9.84 Å². The van der Waals surface area contributed by atoms with Crippen molar-refractivity contribution in [1.82, 2.24) is 0 Å². The zero-order chi connectivity index (χ0) is 14.3. The largest absolute Gasteiger partial charge is 0.497 e. The van der Waals surface area contributed by atoms with E-state index in [-0.39, 0.29) is 0 Å². The lowest BCUT2D eigenvalue weighted by Crippen LogP contribution is -2.14. The van der Waals surface area contributed by atoms with Crippen LogP contribution in [-0.4, -0.2) is 33.3 Å². The second-order valence-electron chi connectivity index (χ2n) is 4.66. The Morgan fingerprint density at radius 2 is 1.95 bits per heavy atom. The first kappa shape index (κ1) is 13.6. The SMILES string of the molecule is COc1ccc([C@@H]2[C@H](S(C)(=O)=O)[C@@]2(C#N)C=O)cc1. The molecular weight excluding hydrogens is 266 g/mol. The van der Waals surface area contributed by atoms with Gasteiger partial charge >= 0.3 is 0 Å². The summed E-state index contributed by atoms with van der Waals surface area (Å²) in [5, 5.41) is 8.19. The number of aldehydes is 1. The molecule has 0 aromatic heterocycles. The highest BCUT2D eigenvalue weighted by Gasteiger charge is 2.71. The molecule has 1 saturated carbocycles. The van der Waals surface area contributed by atoms with Crippen molar-refractivity contribution in [3.8, 4) is 11.8 Å². The van der Waals surface area contributed by atoms with E-state index in [2.05, 4.69) is 0 Å². The van der Waals surface area contributed by atoms with Crippen molar-refractivity contribution in [2.45, 2.75) is 11.2 Å². The molecule has 19 heavy (non-hydrogen) atoms. The number of hydrogen-bond donors (Lipinski definition) is 0. The van der Waals surface area contributed by atoms with Crippen LogP contribution in [0.2, 0.25) is 0 Å². The number of nitrogens with zero attached hydrogens (tertiary/aromatic N) is 1. The van der Waals surface area contributed by atoms with Crippen LogP contribution in [0.1, 0.15) is 11.5 Å². The summed E-state index contributed by atoms with van der Waals surface area (Å²) in [6, 6.07) is 8.59. The molecule has 0 unspecified atom stereocenters. The highest BCUT2D eigenvalue weighted by molar-refractivity contribution is 7.91. The van der Waals surface area contributed by atoms with Crippen molar-refractivity contribution >= 4 is 16.1 Å². The van der Waals surface area contributed by atoms with Crippen LogP contribution in [0.25, 0.3) is 0 Å². The minimum atomic E-state index is -3.46. The van der Waals surface area contributed by atoms with Gasteiger partial charge in [-0.1, -0.05) is 12.1 Å². The van der Waals surface area contributed by atoms with Gasteiger partial charge in [0.2, 0.25) is 0 Å². The first-order valence-corrected chi connectivity index (χ1v) is 7.56. The molecule has 1 aromatic carbocycles. The molecule has 1 aliphatic carbocycles. The molecule has 0 aliphatic heterocycles. The maximum Gasteiger partial charge on any atom is 0.153 e. The molecule has 0 N–H and O–H groups in total. The van der Waals surface area contributed by atoms with Crippen LogP contribution in [0, 0.1) is 16.7 Å². The molecule has 0 radical (unpaired) electrons. The summed E-state index contributed by atoms with van der Waals surface area (Å²) in [4.78, 5) is 11.2. The average molecular weight is 279 g/mol. The highest BCUT2D eigenvalue weighted by Crippen LogP contribution is 2.61. The normalized spacial score (nSPS) is 29.3. The van der Waals surface area contributed by atoms with Gasteiger partial charge in [-0.25, -0.2) is 8.42 Å². The number of nitriles is 1. The summed E-state index contributed by atoms with van der Waals surface area (Å²) in [6.45, 7) is 0. The van der Waals surface area contributed by atoms with Crippen molar-refractivity contribution < 1.29 is 17.9 Å². The van der Waals surface area contributed by atoms with Gasteiger partial charge in [0.25, 0.3) is 0 Å². The fourth-order valence-electron chi connectivity index (χ4n) is 2.54. The second-order valence-corrected chi connectivity index (χ2v) is 6.83. The van der Waals surface area contributed by atoms with Gasteiger partial charge < -0.3 is 9.53 Å². The molecule has 1 aromatic rings. The third kappa shape index (κ3) is 2.00. The van der Waals surface area contributed by atoms with Gasteiger partial charge in [-0.2, -0.15) is 5.26 Å². The third-order valence-electron chi connectivity index (χ3n) is 3.50. The van der Waals surface area contributed by atoms with E-state index in [1.165, 1.54) is 7.11 Å². The van der Waals surface area contributed by atoms with Gasteiger partial charge in [-0.3, -0.25) is 0 Å². The standard InChI is InChI=1S/C13H13NO4S/c1-18-10-5-3-9(4-6-10)11-12(19(2,16)17)13(11,7-14)8-15/h3-6,8,11-12H,1-2H3/t11-,12+,13+/m1/s1. The van der Waals surface area contributed by atoms with E-state index in [1.54, 1.807) is 24.3 Å². The number of benzene rings is 1. The molecular formula is C13H13NO4S. The average Bonchev–Trinajstić information content (AvgIpc) is 3.09. The minimum absolute atomic E-state index is 0.452. The molecule has 5 nitrogen and oxygen atoms in total. The molecule has 1 aliphatic rings. The summed E-state index contributed by atoms with van der Waals surface area (Å²) in [6.07, 6.45) is 1.50. The lowest BCUT2D eigenvalue weighted by atomic mass is 10.0. The van der Waals surface area contributed by atoms with Crippen LogP contribution in [0.5, 0.6) is 5.75 Å². The molecule has 3 atom stereocenters. The Bertz CT molecular complexity index is 644. The molecule has 0 spiro atoms. The third-order valence-corrected chi connectivity index (χ3v) is 5.09. The fraction of sp³-hybridized carbons (Fsp3) is 0.385. The smallest absolute Gasteiger partial charge is 0.153 e. The van der Waals surface area contributed by atoms with Crippen LogP contribution >= 0.6 is 0 Å². The summed E-state index contributed by atoms with van der Waals surface area (Å²) in [5.41, 5.74) is -0.799. The van der Waals surface area contributed by atoms with Gasteiger partial charge in [-0.05, 0) is 17.7 Å². The van der Waals surface area contributed by atoms with Crippen molar-refractivity contribution in [2.75, 3.05) is 13.4 Å². The lowest BCUT2D eigenvalue weighted by Gasteiger charge is -2.02. The molecule has 0 amide bonds. The predicted molar refractivity (Wildman–Crippen MR) is 68.5 cm³/mol. The second kappa shape index (κ2) is 4.35. The number of hydrogen-bond acceptors (Lipinski definition) is 5. The number of sulfone groups is 1. The molecule has 100 valence electrons. The zero-order valence-electron chi connectivity index (χ0n) is 10.5. The van der Waals surface area contributed by atoms with Crippen molar-refractivity contribution in [1.29, 1.82) is 5.26 Å². The van der Waals surface area contributed by atoms with E-state index in [4.69, 9.17) is 10.00 Å². The van der Waals surface area contributed by atoms with Crippen molar-refractivity contribution in [3.05, 3.63) is 29.8 Å². The van der Waals surface area contributed by atoms with Gasteiger partial charge in [0, 0.05) is 12.2 Å². The first-order chi connectivity index (χ1) is 8.90. The number of carbonyl (C=O) groups excluding carboxylic acids is 1. The number of ether oxygens (including phenoxy) is 1. The molecule has 0 saturated heterocycles. The quantitative estimate of drug-likeness (QED) is 0.765. The van der Waals surface area contributed by atoms with Crippen molar-refractivity contribution in [3.63, 3.8) is 0 Å². The number of carbonyl (C=O) groups is 1. The van der Waals surface area contributed by atoms with Gasteiger partial charge in [-0.15, -0.1) is 0 Å². The van der Waals surface area contributed by atoms with Gasteiger partial charge in [0.05, 0.1) is 18.4 Å². The van der Waals surface area contributed by atoms with E-state index in [0.29, 0.717) is 17.6 Å². The molecule has 0 bridgehead atoms. The fourth-order valence-corrected chi connectivity index (χ4v) is 4.30. The first-order valence-electron chi connectivity index (χ1n) is 5.61. The van der Waals surface area contributed by atoms with E-state index in [0.717, 1.165) is 6.26 Å². The van der Waals surface area contributed by atoms with E-state index < -0.39 is 26.4 Å². The Balaban J connectivity index is 2.44. The van der Waals surface area contributed by atoms with E-state index in [1.807, 2.05) is 6.07 Å². The Morgan fingerprint density at radius 1 is 1.37 bits per heavy atom. The molecule has 1 fully saturated rings. The van der Waals surface area contributed by atoms with E-state index in [9.17, 15) is 13.2 Å². The zero-order valence-corrected chi connectivity index (χ0v) is 11.3. The Morgan fingerprint density at radius 3 is 2.26 bits per heavy atom. The van der Waals surface area contributed by atoms with Crippen LogP contribution in [0.4, 0.5) is 0 Å². The van der Waals surface area contributed by atoms with Crippen molar-refractivity contribution in [2.24, 2.45) is 5.41 Å². The molecule has 2 rings (SSSR count). The Hall–Kier alpha value is -1.87. The summed E-state index contributed by atoms with van der Waals surface area (Å²) < 4.78 is 28.4. The summed E-state index contributed by atoms with van der Waals surface area (Å²) >= 11 is 0. The van der Waals surface area contributed by atoms with Gasteiger partial charge in [0.1, 0.15) is 17.5 Å². The maximum atomic E-state index is 11.7. The van der Waals surface area contributed by atoms with Crippen LogP contribution < -0.4 is 4.74 Å². The molecule has 6 heteroatoms. The topological polar surface area (TPSA) is 84.2 Å². The number of methoxy groups -OCH3 is 1. The summed E-state index contributed by atoms with van der Waals surface area (Å²) in [7, 11) is -1.94. The van der Waals surface area contributed by atoms with Crippen LogP contribution in [0.3, 0.4) is 0 Å². The monoisotopic (exact) mass is 279 g/mol.